The van der Waals surface area contributed by atoms with Gasteiger partial charge in [0, 0.05) is 109 Å². The molecule has 0 bridgehead atoms. The fraction of sp³-hybridized carbons (Fsp3) is 0.190. The lowest BCUT2D eigenvalue weighted by molar-refractivity contribution is 0.0816. The third-order valence-corrected chi connectivity index (χ3v) is 24.1. The average molecular weight is 1510 g/mol. The van der Waals surface area contributed by atoms with Gasteiger partial charge in [0.15, 0.2) is 22.8 Å². The highest BCUT2D eigenvalue weighted by atomic mass is 32.1. The molecule has 0 fully saturated rings. The molecule has 4 aromatic carbocycles. The van der Waals surface area contributed by atoms with Gasteiger partial charge in [-0.15, -0.1) is 65.7 Å². The number of benzene rings is 4. The summed E-state index contributed by atoms with van der Waals surface area (Å²) in [5, 5.41) is 52.4. The number of carbonyl (C=O) groups is 4. The summed E-state index contributed by atoms with van der Waals surface area (Å²) in [5.41, 5.74) is 19.7. The molecule has 0 radical (unpaired) electrons. The topological polar surface area (TPSA) is 202 Å². The number of hydrogen-bond donors (Lipinski definition) is 2. The third kappa shape index (κ3) is 16.8. The van der Waals surface area contributed by atoms with E-state index in [1.807, 2.05) is 0 Å². The molecule has 532 valence electrons. The molecule has 0 spiro atoms. The number of allylic oxidation sites excluding steroid dienone is 8. The zero-order chi connectivity index (χ0) is 74.1. The second-order valence-electron chi connectivity index (χ2n) is 26.2. The molecule has 2 N–H and O–H groups in total. The largest absolute Gasteiger partial charge is 0.354 e. The van der Waals surface area contributed by atoms with E-state index in [4.69, 9.17) is 0 Å². The maximum absolute atomic E-state index is 12.6. The smallest absolute Gasteiger partial charge is 0.275 e. The molecule has 16 nitrogen and oxygen atoms in total. The van der Waals surface area contributed by atoms with Crippen molar-refractivity contribution in [1.82, 2.24) is 61.2 Å². The van der Waals surface area contributed by atoms with Gasteiger partial charge >= 0.3 is 0 Å². The molecule has 22 heteroatoms. The van der Waals surface area contributed by atoms with Crippen LogP contribution in [0.25, 0.3) is 82.1 Å². The Morgan fingerprint density at radius 2 is 0.660 bits per heavy atom. The molecule has 10 aromatic heterocycles. The maximum Gasteiger partial charge on any atom is 0.275 e. The van der Waals surface area contributed by atoms with E-state index in [2.05, 4.69) is 271 Å². The van der Waals surface area contributed by atoms with E-state index < -0.39 is 0 Å². The molecule has 16 rings (SSSR count). The molecule has 0 unspecified atom stereocenters. The van der Waals surface area contributed by atoms with Crippen LogP contribution in [0.5, 0.6) is 0 Å². The lowest BCUT2D eigenvalue weighted by Crippen LogP contribution is -2.23. The van der Waals surface area contributed by atoms with E-state index in [9.17, 15) is 19.2 Å². The van der Waals surface area contributed by atoms with Gasteiger partial charge in [0.25, 0.3) is 23.6 Å². The summed E-state index contributed by atoms with van der Waals surface area (Å²) < 4.78 is 3.61. The summed E-state index contributed by atoms with van der Waals surface area (Å²) in [5.74, 6) is -0.642. The van der Waals surface area contributed by atoms with Crippen LogP contribution in [0.15, 0.2) is 203 Å². The molecule has 2 aliphatic carbocycles. The predicted octanol–water partition coefficient (Wildman–Crippen LogP) is 19.0. The number of fused-ring (bicyclic) bond motifs is 4. The normalized spacial score (nSPS) is 12.1. The predicted molar refractivity (Wildman–Crippen MR) is 439 cm³/mol. The second-order valence-corrected chi connectivity index (χ2v) is 32.0. The van der Waals surface area contributed by atoms with E-state index in [1.54, 1.807) is 120 Å². The van der Waals surface area contributed by atoms with Gasteiger partial charge in [-0.1, -0.05) is 156 Å². The van der Waals surface area contributed by atoms with Gasteiger partial charge in [-0.2, -0.15) is 43.1 Å². The number of nitrogens with one attached hydrogen (secondary N) is 2. The first-order valence-electron chi connectivity index (χ1n) is 34.4. The highest BCUT2D eigenvalue weighted by molar-refractivity contribution is 7.24. The van der Waals surface area contributed by atoms with Gasteiger partial charge in [0.05, 0.1) is 41.6 Å². The van der Waals surface area contributed by atoms with E-state index in [1.165, 1.54) is 44.5 Å². The number of aromatic nitrogens is 8. The van der Waals surface area contributed by atoms with Gasteiger partial charge in [0.2, 0.25) is 0 Å². The van der Waals surface area contributed by atoms with Crippen LogP contribution >= 0.6 is 68.0 Å². The molecule has 0 saturated heterocycles. The lowest BCUT2D eigenvalue weighted by Gasteiger charge is -2.10. The van der Waals surface area contributed by atoms with Gasteiger partial charge in [-0.25, -0.2) is 0 Å². The number of rotatable bonds is 16. The molecule has 14 aromatic rings. The summed E-state index contributed by atoms with van der Waals surface area (Å²) in [6.45, 7) is 8.31. The van der Waals surface area contributed by atoms with Crippen LogP contribution in [0.2, 0.25) is 0 Å². The van der Waals surface area contributed by atoms with Crippen LogP contribution in [0.1, 0.15) is 111 Å². The number of carbonyl (C=O) groups excluding carboxylic acids is 4. The van der Waals surface area contributed by atoms with Crippen LogP contribution < -0.4 is 10.6 Å². The SMILES string of the molecule is CNC(=O)c1nnc(CC2=CCC=C2)c2cc(-c3ccc(C)cc3)sc12.CNC(=O)c1nnc(Cc2ccsc2)c2cc(-c3ccc(C)cc3)sc12.Cc1ccc(-c2cc3c(CC4=CCC=C4)nnc(C(=O)N(C)C)c3s2)cc1.Cc1ccc(-c2cc3c(Cc4ccsc4)nnc(C(=O)N(C)C)c3s2)cc1. The van der Waals surface area contributed by atoms with Crippen molar-refractivity contribution in [2.24, 2.45) is 0 Å². The maximum atomic E-state index is 12.6. The minimum Gasteiger partial charge on any atom is -0.354 e. The number of aryl methyl sites for hydroxylation is 4. The Labute approximate surface area is 639 Å². The minimum absolute atomic E-state index is 0.115. The Hall–Kier alpha value is -10.7. The van der Waals surface area contributed by atoms with Crippen LogP contribution in [0.3, 0.4) is 0 Å². The molecule has 0 atom stereocenters. The van der Waals surface area contributed by atoms with Crippen molar-refractivity contribution in [2.45, 2.75) is 66.2 Å². The summed E-state index contributed by atoms with van der Waals surface area (Å²) in [6.07, 6.45) is 17.8. The highest BCUT2D eigenvalue weighted by Crippen LogP contribution is 2.42. The van der Waals surface area contributed by atoms with Crippen molar-refractivity contribution in [1.29, 1.82) is 0 Å². The van der Waals surface area contributed by atoms with Crippen LogP contribution in [-0.2, 0) is 25.7 Å². The molecule has 10 heterocycles. The Balaban J connectivity index is 0.000000125. The summed E-state index contributed by atoms with van der Waals surface area (Å²) >= 11 is 9.75. The monoisotopic (exact) mass is 1510 g/mol. The van der Waals surface area contributed by atoms with Crippen molar-refractivity contribution < 1.29 is 19.2 Å². The van der Waals surface area contributed by atoms with Gasteiger partial charge < -0.3 is 20.4 Å². The number of hydrogen-bond acceptors (Lipinski definition) is 18. The van der Waals surface area contributed by atoms with Gasteiger partial charge in [-0.3, -0.25) is 19.2 Å². The molecular formula is C84H76N12O4S6. The summed E-state index contributed by atoms with van der Waals surface area (Å²) in [4.78, 5) is 57.3. The van der Waals surface area contributed by atoms with Crippen LogP contribution in [0.4, 0.5) is 0 Å². The minimum atomic E-state index is -0.207. The van der Waals surface area contributed by atoms with Gasteiger partial charge in [-0.05, 0) is 143 Å². The third-order valence-electron chi connectivity index (χ3n) is 17.9. The summed E-state index contributed by atoms with van der Waals surface area (Å²) in [6, 6.07) is 46.5. The first-order valence-corrected chi connectivity index (χ1v) is 39.6. The number of amides is 4. The van der Waals surface area contributed by atoms with E-state index in [0.29, 0.717) is 35.6 Å². The lowest BCUT2D eigenvalue weighted by atomic mass is 10.1. The highest BCUT2D eigenvalue weighted by Gasteiger charge is 2.25. The Morgan fingerprint density at radius 3 is 0.915 bits per heavy atom. The fourth-order valence-corrected chi connectivity index (χ4v) is 18.0. The Morgan fingerprint density at radius 1 is 0.377 bits per heavy atom. The van der Waals surface area contributed by atoms with Crippen molar-refractivity contribution >= 4 is 132 Å². The zero-order valence-corrected chi connectivity index (χ0v) is 65.2. The van der Waals surface area contributed by atoms with E-state index >= 15 is 0 Å². The van der Waals surface area contributed by atoms with Crippen molar-refractivity contribution in [2.75, 3.05) is 42.3 Å². The van der Waals surface area contributed by atoms with Crippen molar-refractivity contribution in [3.8, 4) is 41.8 Å². The molecule has 2 aliphatic rings. The average Bonchev–Trinajstić information content (AvgIpc) is 1.63. The van der Waals surface area contributed by atoms with Gasteiger partial charge in [0.1, 0.15) is 0 Å². The summed E-state index contributed by atoms with van der Waals surface area (Å²) in [7, 11) is 10.2. The van der Waals surface area contributed by atoms with Crippen molar-refractivity contribution in [3.05, 3.63) is 282 Å². The quantitative estimate of drug-likeness (QED) is 0.0928. The molecule has 0 saturated carbocycles. The van der Waals surface area contributed by atoms with E-state index in [0.717, 1.165) is 131 Å². The molecule has 0 aliphatic heterocycles. The first kappa shape index (κ1) is 73.6. The Kier molecular flexibility index (Phi) is 23.0. The molecule has 106 heavy (non-hydrogen) atoms. The van der Waals surface area contributed by atoms with E-state index in [-0.39, 0.29) is 23.6 Å². The van der Waals surface area contributed by atoms with Crippen LogP contribution in [-0.4, -0.2) is 117 Å². The molecular weight excluding hydrogens is 1430 g/mol. The zero-order valence-electron chi connectivity index (χ0n) is 60.3. The van der Waals surface area contributed by atoms with Crippen molar-refractivity contribution in [3.63, 3.8) is 0 Å². The fourth-order valence-electron chi connectivity index (χ4n) is 12.0. The van der Waals surface area contributed by atoms with Crippen LogP contribution in [0, 0.1) is 27.7 Å². The standard InChI is InChI=1S/C22H21N3OS.C21H19N3OS2.C21H19N3OS.C20H17N3OS2/c1-14-8-10-16(11-9-14)19-13-17-18(12-15-6-4-5-7-15)23-24-20(21(17)27-19)22(26)25(2)3;1-13-4-6-15(7-5-13)18-11-16-17(10-14-8-9-26-12-14)22-23-19(20(16)27-18)21(25)24(2)3;1-13-7-9-15(10-8-13)18-12-16-17(11-14-5-3-4-6-14)23-24-19(20(16)26-18)21(25)22-2;1-12-3-5-14(6-4-12)17-10-15-16(9-13-7-8-25-11-13)22-23-18(19(15)26-17)20(24)21-2/h4,6-11,13H,5,12H2,1-3H3;4-9,11-12H,10H2,1-3H3;3,5-10,12H,4,11H2,1-2H3,(H,22,25);3-8,10-11H,9H2,1-2H3,(H,21,24). The Bertz CT molecular complexity index is 5690. The molecule has 4 amide bonds. The second kappa shape index (κ2) is 33.2. The number of thiophene rings is 6. The first-order chi connectivity index (χ1) is 51.4. The number of nitrogens with zero attached hydrogens (tertiary/aromatic N) is 10.